The second-order valence-corrected chi connectivity index (χ2v) is 10.4. The molecule has 0 amide bonds. The van der Waals surface area contributed by atoms with Crippen LogP contribution in [0.5, 0.6) is 0 Å². The molecule has 0 aromatic carbocycles. The molecule has 134 valence electrons. The van der Waals surface area contributed by atoms with Gasteiger partial charge in [0.05, 0.1) is 0 Å². The molecule has 0 unspecified atom stereocenters. The number of hydrogen-bond acceptors (Lipinski definition) is 2. The fourth-order valence-corrected chi connectivity index (χ4v) is 8.59. The van der Waals surface area contributed by atoms with Crippen molar-refractivity contribution in [3.05, 3.63) is 11.6 Å². The summed E-state index contributed by atoms with van der Waals surface area (Å²) in [7, 11) is 2.15. The smallest absolute Gasteiger partial charge is 0.0102 e. The molecule has 4 aliphatic carbocycles. The van der Waals surface area contributed by atoms with E-state index in [9.17, 15) is 0 Å². The Morgan fingerprint density at radius 1 is 1.08 bits per heavy atom. The van der Waals surface area contributed by atoms with Gasteiger partial charge in [0, 0.05) is 12.6 Å². The van der Waals surface area contributed by atoms with Crippen LogP contribution < -0.4 is 10.6 Å². The molecule has 0 aromatic rings. The zero-order chi connectivity index (χ0) is 16.6. The fraction of sp³-hybridized carbons (Fsp3) is 0.909. The topological polar surface area (TPSA) is 24.1 Å². The molecule has 1 heterocycles. The van der Waals surface area contributed by atoms with Gasteiger partial charge >= 0.3 is 0 Å². The van der Waals surface area contributed by atoms with Gasteiger partial charge < -0.3 is 10.6 Å². The van der Waals surface area contributed by atoms with Crippen molar-refractivity contribution in [1.82, 2.24) is 10.6 Å². The van der Waals surface area contributed by atoms with Crippen LogP contribution in [0, 0.1) is 34.0 Å². The predicted molar refractivity (Wildman–Crippen MR) is 99.9 cm³/mol. The lowest BCUT2D eigenvalue weighted by Crippen LogP contribution is -2.57. The molecule has 24 heavy (non-hydrogen) atoms. The summed E-state index contributed by atoms with van der Waals surface area (Å²) >= 11 is 0. The van der Waals surface area contributed by atoms with Crippen molar-refractivity contribution in [2.45, 2.75) is 71.3 Å². The summed E-state index contributed by atoms with van der Waals surface area (Å²) in [6, 6.07) is 0.721. The molecule has 2 nitrogen and oxygen atoms in total. The summed E-state index contributed by atoms with van der Waals surface area (Å²) < 4.78 is 0. The van der Waals surface area contributed by atoms with Crippen LogP contribution in [-0.2, 0) is 0 Å². The molecule has 1 spiro atoms. The molecule has 1 saturated heterocycles. The Labute approximate surface area is 148 Å². The van der Waals surface area contributed by atoms with Crippen molar-refractivity contribution in [1.29, 1.82) is 0 Å². The summed E-state index contributed by atoms with van der Waals surface area (Å²) in [5.74, 6) is 2.89. The largest absolute Gasteiger partial charge is 0.317 e. The van der Waals surface area contributed by atoms with Crippen LogP contribution in [0.3, 0.4) is 0 Å². The molecule has 0 aromatic heterocycles. The maximum absolute atomic E-state index is 3.78. The monoisotopic (exact) mass is 328 g/mol. The highest BCUT2D eigenvalue weighted by atomic mass is 15.0. The Balaban J connectivity index is 1.53. The minimum Gasteiger partial charge on any atom is -0.317 e. The minimum absolute atomic E-state index is 0.492. The Hall–Kier alpha value is -0.340. The zero-order valence-electron chi connectivity index (χ0n) is 16.0. The lowest BCUT2D eigenvalue weighted by atomic mass is 9.41. The summed E-state index contributed by atoms with van der Waals surface area (Å²) in [6.45, 7) is 7.97. The van der Waals surface area contributed by atoms with Gasteiger partial charge in [-0.25, -0.2) is 0 Å². The van der Waals surface area contributed by atoms with Crippen molar-refractivity contribution in [2.24, 2.45) is 34.0 Å². The average Bonchev–Trinajstić information content (AvgIpc) is 3.12. The van der Waals surface area contributed by atoms with Crippen LogP contribution >= 0.6 is 0 Å². The first-order valence-electron chi connectivity index (χ1n) is 10.6. The van der Waals surface area contributed by atoms with Crippen molar-refractivity contribution in [3.63, 3.8) is 0 Å². The molecule has 7 atom stereocenters. The van der Waals surface area contributed by atoms with Crippen LogP contribution in [0.1, 0.15) is 65.2 Å². The first-order chi connectivity index (χ1) is 11.5. The third-order valence-electron chi connectivity index (χ3n) is 9.82. The highest BCUT2D eigenvalue weighted by Crippen LogP contribution is 2.71. The Morgan fingerprint density at radius 3 is 2.79 bits per heavy atom. The summed E-state index contributed by atoms with van der Waals surface area (Å²) in [6.07, 6.45) is 14.2. The third-order valence-corrected chi connectivity index (χ3v) is 9.82. The Kier molecular flexibility index (Phi) is 3.37. The van der Waals surface area contributed by atoms with Gasteiger partial charge in [-0.15, -0.1) is 0 Å². The van der Waals surface area contributed by atoms with Gasteiger partial charge in [-0.05, 0) is 99.0 Å². The van der Waals surface area contributed by atoms with Crippen LogP contribution in [0.15, 0.2) is 11.6 Å². The van der Waals surface area contributed by atoms with Crippen LogP contribution in [0.4, 0.5) is 0 Å². The maximum atomic E-state index is 3.78. The van der Waals surface area contributed by atoms with E-state index in [-0.39, 0.29) is 0 Å². The molecule has 0 radical (unpaired) electrons. The van der Waals surface area contributed by atoms with E-state index in [1.54, 1.807) is 0 Å². The quantitative estimate of drug-likeness (QED) is 0.707. The van der Waals surface area contributed by atoms with Gasteiger partial charge in [-0.2, -0.15) is 0 Å². The molecule has 5 rings (SSSR count). The first kappa shape index (κ1) is 15.9. The van der Waals surface area contributed by atoms with E-state index in [1.165, 1.54) is 64.5 Å². The molecule has 5 aliphatic rings. The second-order valence-electron chi connectivity index (χ2n) is 10.4. The number of rotatable bonds is 1. The van der Waals surface area contributed by atoms with Gasteiger partial charge in [0.2, 0.25) is 0 Å². The zero-order valence-corrected chi connectivity index (χ0v) is 16.0. The summed E-state index contributed by atoms with van der Waals surface area (Å²) in [4.78, 5) is 0. The van der Waals surface area contributed by atoms with Crippen molar-refractivity contribution < 1.29 is 0 Å². The van der Waals surface area contributed by atoms with Crippen molar-refractivity contribution in [2.75, 3.05) is 20.1 Å². The van der Waals surface area contributed by atoms with Crippen molar-refractivity contribution >= 4 is 0 Å². The van der Waals surface area contributed by atoms with E-state index >= 15 is 0 Å². The Bertz CT molecular complexity index is 568. The number of hydrogen-bond donors (Lipinski definition) is 2. The minimum atomic E-state index is 0.492. The fourth-order valence-electron chi connectivity index (χ4n) is 8.59. The van der Waals surface area contributed by atoms with E-state index in [1.807, 2.05) is 5.57 Å². The number of nitrogens with one attached hydrogen (secondary N) is 2. The lowest BCUT2D eigenvalue weighted by molar-refractivity contribution is -0.101. The predicted octanol–water partition coefficient (Wildman–Crippen LogP) is 4.13. The Morgan fingerprint density at radius 2 is 1.96 bits per heavy atom. The SMILES string of the molecule is CN[C@H]1CC[C@@]2(C)C(=CC[C@@]3(C)[C@@H]4CC[C@@H]5CNC[C@@]54CC[C@@H]32)C1. The molecule has 0 bridgehead atoms. The molecule has 4 fully saturated rings. The van der Waals surface area contributed by atoms with E-state index in [2.05, 4.69) is 37.6 Å². The van der Waals surface area contributed by atoms with E-state index in [4.69, 9.17) is 0 Å². The van der Waals surface area contributed by atoms with Gasteiger partial charge in [0.25, 0.3) is 0 Å². The van der Waals surface area contributed by atoms with E-state index < -0.39 is 0 Å². The van der Waals surface area contributed by atoms with Crippen LogP contribution in [0.2, 0.25) is 0 Å². The molecular weight excluding hydrogens is 292 g/mol. The second kappa shape index (κ2) is 5.10. The molecule has 2 N–H and O–H groups in total. The highest BCUT2D eigenvalue weighted by molar-refractivity contribution is 5.29. The normalized spacial score (nSPS) is 56.0. The third kappa shape index (κ3) is 1.80. The first-order valence-corrected chi connectivity index (χ1v) is 10.6. The molecule has 1 aliphatic heterocycles. The van der Waals surface area contributed by atoms with E-state index in [0.29, 0.717) is 16.2 Å². The summed E-state index contributed by atoms with van der Waals surface area (Å²) in [5, 5.41) is 7.34. The number of allylic oxidation sites excluding steroid dienone is 1. The summed E-state index contributed by atoms with van der Waals surface area (Å²) in [5.41, 5.74) is 3.52. The molecule has 3 saturated carbocycles. The number of fused-ring (bicyclic) bond motifs is 4. The van der Waals surface area contributed by atoms with Crippen molar-refractivity contribution in [3.8, 4) is 0 Å². The van der Waals surface area contributed by atoms with Gasteiger partial charge in [0.15, 0.2) is 0 Å². The lowest BCUT2D eigenvalue weighted by Gasteiger charge is -2.63. The van der Waals surface area contributed by atoms with Gasteiger partial charge in [-0.3, -0.25) is 0 Å². The van der Waals surface area contributed by atoms with Crippen LogP contribution in [0.25, 0.3) is 0 Å². The highest BCUT2D eigenvalue weighted by Gasteiger charge is 2.65. The molecule has 2 heteroatoms. The molecular formula is C22H36N2. The average molecular weight is 329 g/mol. The van der Waals surface area contributed by atoms with Gasteiger partial charge in [-0.1, -0.05) is 25.5 Å². The standard InChI is InChI=1S/C22H36N2/c1-20-10-7-17(23-3)12-15(20)6-9-21(2)18(20)8-11-22-14-24-13-16(22)4-5-19(21)22/h6,16-19,23-24H,4-5,7-14H2,1-3H3/t16-,17+,18-,19+,20+,21-,22+/m1/s1. The van der Waals surface area contributed by atoms with Crippen LogP contribution in [-0.4, -0.2) is 26.2 Å². The van der Waals surface area contributed by atoms with E-state index in [0.717, 1.165) is 23.8 Å². The maximum Gasteiger partial charge on any atom is 0.0102 e. The van der Waals surface area contributed by atoms with Gasteiger partial charge in [0.1, 0.15) is 0 Å².